The summed E-state index contributed by atoms with van der Waals surface area (Å²) in [4.78, 5) is 25.0. The van der Waals surface area contributed by atoms with Crippen LogP contribution in [0.25, 0.3) is 10.2 Å². The van der Waals surface area contributed by atoms with Gasteiger partial charge in [-0.1, -0.05) is 12.1 Å². The van der Waals surface area contributed by atoms with Crippen LogP contribution in [-0.4, -0.2) is 53.1 Å². The number of amides is 1. The topological polar surface area (TPSA) is 76.6 Å². The molecule has 3 aromatic rings. The molecule has 0 aliphatic carbocycles. The molecule has 29 heavy (non-hydrogen) atoms. The lowest BCUT2D eigenvalue weighted by atomic mass is 10.2. The van der Waals surface area contributed by atoms with Gasteiger partial charge in [0.15, 0.2) is 11.5 Å². The molecule has 1 amide bonds. The second-order valence-electron chi connectivity index (χ2n) is 6.81. The summed E-state index contributed by atoms with van der Waals surface area (Å²) in [5, 5.41) is 4.26. The van der Waals surface area contributed by atoms with Gasteiger partial charge < -0.3 is 19.7 Å². The largest absolute Gasteiger partial charge is 0.486 e. The van der Waals surface area contributed by atoms with Crippen molar-refractivity contribution in [1.82, 2.24) is 14.9 Å². The zero-order valence-corrected chi connectivity index (χ0v) is 17.6. The maximum atomic E-state index is 12.9. The second-order valence-corrected chi connectivity index (χ2v) is 7.81. The zero-order valence-electron chi connectivity index (χ0n) is 16.8. The molecule has 152 valence electrons. The van der Waals surface area contributed by atoms with Crippen LogP contribution in [0.15, 0.2) is 30.6 Å². The van der Waals surface area contributed by atoms with Crippen LogP contribution in [0.5, 0.6) is 11.5 Å². The highest BCUT2D eigenvalue weighted by Gasteiger charge is 2.24. The molecule has 0 saturated heterocycles. The maximum absolute atomic E-state index is 12.9. The van der Waals surface area contributed by atoms with E-state index in [1.54, 1.807) is 0 Å². The smallest absolute Gasteiger partial charge is 0.264 e. The van der Waals surface area contributed by atoms with E-state index in [0.29, 0.717) is 32.1 Å². The number of fused-ring (bicyclic) bond motifs is 2. The first-order chi connectivity index (χ1) is 14.1. The van der Waals surface area contributed by atoms with Gasteiger partial charge in [-0.15, -0.1) is 11.3 Å². The number of rotatable bonds is 6. The highest BCUT2D eigenvalue weighted by Crippen LogP contribution is 2.35. The number of aromatic nitrogens is 2. The fraction of sp³-hybridized carbons (Fsp3) is 0.381. The minimum absolute atomic E-state index is 0.0436. The molecule has 4 rings (SSSR count). The predicted molar refractivity (Wildman–Crippen MR) is 114 cm³/mol. The van der Waals surface area contributed by atoms with Crippen molar-refractivity contribution in [2.45, 2.75) is 26.9 Å². The molecule has 1 aliphatic rings. The van der Waals surface area contributed by atoms with Crippen LogP contribution >= 0.6 is 11.3 Å². The third-order valence-electron chi connectivity index (χ3n) is 5.04. The van der Waals surface area contributed by atoms with Crippen LogP contribution in [0, 0.1) is 6.92 Å². The number of ether oxygens (including phenoxy) is 2. The molecule has 0 bridgehead atoms. The molecular weight excluding hydrogens is 388 g/mol. The first-order valence-electron chi connectivity index (χ1n) is 9.78. The number of hydrogen-bond donors (Lipinski definition) is 1. The average Bonchev–Trinajstić information content (AvgIpc) is 3.10. The SMILES string of the molecule is CCN(CC)C(=O)c1sc2ncnc(NCC3COc4ccccc4O3)c2c1C. The van der Waals surface area contributed by atoms with Crippen LogP contribution in [0.3, 0.4) is 0 Å². The molecule has 0 saturated carbocycles. The maximum Gasteiger partial charge on any atom is 0.264 e. The summed E-state index contributed by atoms with van der Waals surface area (Å²) in [5.74, 6) is 2.27. The number of benzene rings is 1. The van der Waals surface area contributed by atoms with Crippen molar-refractivity contribution >= 4 is 33.3 Å². The summed E-state index contributed by atoms with van der Waals surface area (Å²) in [6.45, 7) is 8.30. The Balaban J connectivity index is 1.55. The number of para-hydroxylation sites is 2. The number of hydrogen-bond acceptors (Lipinski definition) is 7. The molecule has 0 spiro atoms. The van der Waals surface area contributed by atoms with Crippen LogP contribution in [0.2, 0.25) is 0 Å². The molecule has 1 aliphatic heterocycles. The summed E-state index contributed by atoms with van der Waals surface area (Å²) in [5.41, 5.74) is 0.913. The molecule has 1 aromatic carbocycles. The van der Waals surface area contributed by atoms with Crippen molar-refractivity contribution < 1.29 is 14.3 Å². The molecular formula is C21H24N4O3S. The minimum atomic E-state index is -0.134. The quantitative estimate of drug-likeness (QED) is 0.665. The van der Waals surface area contributed by atoms with E-state index >= 15 is 0 Å². The molecule has 0 radical (unpaired) electrons. The molecule has 8 heteroatoms. The van der Waals surface area contributed by atoms with Gasteiger partial charge >= 0.3 is 0 Å². The Morgan fingerprint density at radius 2 is 2.00 bits per heavy atom. The van der Waals surface area contributed by atoms with Crippen LogP contribution < -0.4 is 14.8 Å². The lowest BCUT2D eigenvalue weighted by Crippen LogP contribution is -2.35. The fourth-order valence-electron chi connectivity index (χ4n) is 3.44. The third-order valence-corrected chi connectivity index (χ3v) is 6.22. The highest BCUT2D eigenvalue weighted by molar-refractivity contribution is 7.20. The molecule has 2 aromatic heterocycles. The van der Waals surface area contributed by atoms with E-state index in [9.17, 15) is 4.79 Å². The molecule has 1 N–H and O–H groups in total. The first kappa shape index (κ1) is 19.4. The summed E-state index contributed by atoms with van der Waals surface area (Å²) in [6, 6.07) is 7.65. The number of nitrogens with one attached hydrogen (secondary N) is 1. The van der Waals surface area contributed by atoms with E-state index in [2.05, 4.69) is 15.3 Å². The standard InChI is InChI=1S/C21H24N4O3S/c1-4-25(5-2)21(26)18-13(3)17-19(23-12-24-20(17)29-18)22-10-14-11-27-15-8-6-7-9-16(15)28-14/h6-9,12,14H,4-5,10-11H2,1-3H3,(H,22,23,24). The monoisotopic (exact) mass is 412 g/mol. The Kier molecular flexibility index (Phi) is 5.53. The molecule has 0 fully saturated rings. The van der Waals surface area contributed by atoms with E-state index in [1.165, 1.54) is 17.7 Å². The predicted octanol–water partition coefficient (Wildman–Crippen LogP) is 3.73. The second kappa shape index (κ2) is 8.24. The summed E-state index contributed by atoms with van der Waals surface area (Å²) >= 11 is 1.42. The number of thiophene rings is 1. The van der Waals surface area contributed by atoms with Gasteiger partial charge in [0.2, 0.25) is 0 Å². The molecule has 7 nitrogen and oxygen atoms in total. The van der Waals surface area contributed by atoms with Gasteiger partial charge in [-0.25, -0.2) is 9.97 Å². The van der Waals surface area contributed by atoms with E-state index in [4.69, 9.17) is 9.47 Å². The normalized spacial score (nSPS) is 15.3. The van der Waals surface area contributed by atoms with Crippen molar-refractivity contribution in [3.63, 3.8) is 0 Å². The van der Waals surface area contributed by atoms with E-state index in [0.717, 1.165) is 32.2 Å². The van der Waals surface area contributed by atoms with Gasteiger partial charge in [-0.2, -0.15) is 0 Å². The first-order valence-corrected chi connectivity index (χ1v) is 10.6. The number of nitrogens with zero attached hydrogens (tertiary/aromatic N) is 3. The highest BCUT2D eigenvalue weighted by atomic mass is 32.1. The fourth-order valence-corrected chi connectivity index (χ4v) is 4.55. The number of carbonyl (C=O) groups excluding carboxylic acids is 1. The van der Waals surface area contributed by atoms with E-state index in [1.807, 2.05) is 49.9 Å². The number of anilines is 1. The van der Waals surface area contributed by atoms with Crippen molar-refractivity contribution in [2.75, 3.05) is 31.6 Å². The average molecular weight is 413 g/mol. The Morgan fingerprint density at radius 3 is 2.76 bits per heavy atom. The van der Waals surface area contributed by atoms with Gasteiger partial charge in [-0.3, -0.25) is 4.79 Å². The Bertz CT molecular complexity index is 1030. The molecule has 1 atom stereocenters. The lowest BCUT2D eigenvalue weighted by molar-refractivity contribution is 0.0777. The Hall–Kier alpha value is -2.87. The zero-order chi connectivity index (χ0) is 20.4. The Labute approximate surface area is 173 Å². The van der Waals surface area contributed by atoms with Gasteiger partial charge in [-0.05, 0) is 38.5 Å². The number of carbonyl (C=O) groups is 1. The summed E-state index contributed by atoms with van der Waals surface area (Å²) in [6.07, 6.45) is 1.39. The lowest BCUT2D eigenvalue weighted by Gasteiger charge is -2.26. The summed E-state index contributed by atoms with van der Waals surface area (Å²) in [7, 11) is 0. The number of aryl methyl sites for hydroxylation is 1. The molecule has 3 heterocycles. The van der Waals surface area contributed by atoms with Crippen molar-refractivity contribution in [3.8, 4) is 11.5 Å². The van der Waals surface area contributed by atoms with Crippen LogP contribution in [0.4, 0.5) is 5.82 Å². The van der Waals surface area contributed by atoms with Gasteiger partial charge in [0, 0.05) is 13.1 Å². The summed E-state index contributed by atoms with van der Waals surface area (Å²) < 4.78 is 11.8. The van der Waals surface area contributed by atoms with E-state index < -0.39 is 0 Å². The Morgan fingerprint density at radius 1 is 1.24 bits per heavy atom. The van der Waals surface area contributed by atoms with Crippen molar-refractivity contribution in [3.05, 3.63) is 41.0 Å². The minimum Gasteiger partial charge on any atom is -0.486 e. The van der Waals surface area contributed by atoms with E-state index in [-0.39, 0.29) is 12.0 Å². The van der Waals surface area contributed by atoms with Gasteiger partial charge in [0.25, 0.3) is 5.91 Å². The van der Waals surface area contributed by atoms with Gasteiger partial charge in [0.1, 0.15) is 29.7 Å². The van der Waals surface area contributed by atoms with Gasteiger partial charge in [0.05, 0.1) is 16.8 Å². The molecule has 1 unspecified atom stereocenters. The van der Waals surface area contributed by atoms with Crippen LogP contribution in [0.1, 0.15) is 29.1 Å². The van der Waals surface area contributed by atoms with Crippen molar-refractivity contribution in [2.24, 2.45) is 0 Å². The van der Waals surface area contributed by atoms with Crippen LogP contribution in [-0.2, 0) is 0 Å². The van der Waals surface area contributed by atoms with Crippen molar-refractivity contribution in [1.29, 1.82) is 0 Å². The third kappa shape index (κ3) is 3.72.